The molecular weight excluding hydrogens is 304 g/mol. The first-order valence-electron chi connectivity index (χ1n) is 6.32. The van der Waals surface area contributed by atoms with Crippen molar-refractivity contribution in [1.29, 1.82) is 0 Å². The zero-order valence-electron chi connectivity index (χ0n) is 11.7. The Balaban J connectivity index is 1.81. The van der Waals surface area contributed by atoms with Crippen molar-refractivity contribution < 1.29 is 4.74 Å². The molecule has 0 bridgehead atoms. The molecule has 7 heteroatoms. The summed E-state index contributed by atoms with van der Waals surface area (Å²) in [5, 5.41) is 13.7. The van der Waals surface area contributed by atoms with Crippen molar-refractivity contribution in [2.45, 2.75) is 5.75 Å². The first kappa shape index (κ1) is 14.1. The first-order valence-corrected chi connectivity index (χ1v) is 8.53. The summed E-state index contributed by atoms with van der Waals surface area (Å²) in [7, 11) is 1.66. The number of hydrogen-bond donors (Lipinski definition) is 0. The zero-order chi connectivity index (χ0) is 14.7. The van der Waals surface area contributed by atoms with Crippen LogP contribution < -0.4 is 4.74 Å². The van der Waals surface area contributed by atoms with Gasteiger partial charge in [0, 0.05) is 0 Å². The molecule has 108 valence electrons. The lowest BCUT2D eigenvalue weighted by Gasteiger charge is -1.98. The Bertz CT molecular complexity index is 761. The molecule has 0 N–H and O–H groups in total. The molecule has 3 rings (SSSR count). The van der Waals surface area contributed by atoms with E-state index in [-0.39, 0.29) is 0 Å². The lowest BCUT2D eigenvalue weighted by atomic mass is 10.2. The van der Waals surface area contributed by atoms with Crippen LogP contribution in [0.25, 0.3) is 17.1 Å². The largest absolute Gasteiger partial charge is 0.497 e. The van der Waals surface area contributed by atoms with E-state index in [1.165, 1.54) is 11.3 Å². The van der Waals surface area contributed by atoms with E-state index in [0.717, 1.165) is 32.9 Å². The molecule has 0 aliphatic heterocycles. The monoisotopic (exact) mass is 318 g/mol. The van der Waals surface area contributed by atoms with Crippen LogP contribution >= 0.6 is 23.1 Å². The van der Waals surface area contributed by atoms with E-state index in [1.54, 1.807) is 18.9 Å². The summed E-state index contributed by atoms with van der Waals surface area (Å²) in [6, 6.07) is 7.90. The summed E-state index contributed by atoms with van der Waals surface area (Å²) in [6.45, 7) is 0. The Labute approximate surface area is 130 Å². The number of aromatic nitrogens is 4. The number of rotatable bonds is 5. The Kier molecular flexibility index (Phi) is 4.21. The maximum Gasteiger partial charge on any atom is 0.234 e. The Morgan fingerprint density at radius 3 is 2.76 bits per heavy atom. The zero-order valence-corrected chi connectivity index (χ0v) is 13.3. The molecular formula is C14H14N4OS2. The van der Waals surface area contributed by atoms with Crippen molar-refractivity contribution in [2.75, 3.05) is 13.4 Å². The van der Waals surface area contributed by atoms with Crippen LogP contribution in [0.3, 0.4) is 0 Å². The summed E-state index contributed by atoms with van der Waals surface area (Å²) < 4.78 is 6.96. The number of thioether (sulfide) groups is 1. The second-order valence-electron chi connectivity index (χ2n) is 4.29. The first-order chi connectivity index (χ1) is 10.3. The van der Waals surface area contributed by atoms with E-state index < -0.39 is 0 Å². The molecule has 1 aromatic carbocycles. The van der Waals surface area contributed by atoms with Crippen LogP contribution in [-0.2, 0) is 5.75 Å². The van der Waals surface area contributed by atoms with E-state index >= 15 is 0 Å². The van der Waals surface area contributed by atoms with Gasteiger partial charge in [0.15, 0.2) is 5.82 Å². The molecule has 0 fully saturated rings. The highest BCUT2D eigenvalue weighted by molar-refractivity contribution is 7.97. The van der Waals surface area contributed by atoms with Crippen LogP contribution in [0.2, 0.25) is 0 Å². The van der Waals surface area contributed by atoms with Gasteiger partial charge in [0.2, 0.25) is 4.96 Å². The molecule has 0 radical (unpaired) electrons. The molecule has 0 saturated heterocycles. The average Bonchev–Trinajstić information content (AvgIpc) is 3.08. The normalized spacial score (nSPS) is 11.5. The van der Waals surface area contributed by atoms with Gasteiger partial charge in [0.25, 0.3) is 0 Å². The smallest absolute Gasteiger partial charge is 0.234 e. The summed E-state index contributed by atoms with van der Waals surface area (Å²) in [4.78, 5) is 0.827. The molecule has 0 atom stereocenters. The van der Waals surface area contributed by atoms with Crippen molar-refractivity contribution in [1.82, 2.24) is 19.8 Å². The van der Waals surface area contributed by atoms with Crippen LogP contribution in [0, 0.1) is 0 Å². The van der Waals surface area contributed by atoms with E-state index in [0.29, 0.717) is 0 Å². The average molecular weight is 318 g/mol. The molecule has 0 unspecified atom stereocenters. The lowest BCUT2D eigenvalue weighted by molar-refractivity contribution is 0.415. The Morgan fingerprint density at radius 2 is 2.05 bits per heavy atom. The predicted octanol–water partition coefficient (Wildman–Crippen LogP) is 3.23. The molecule has 5 nitrogen and oxygen atoms in total. The second kappa shape index (κ2) is 6.28. The van der Waals surface area contributed by atoms with Gasteiger partial charge in [-0.15, -0.1) is 10.2 Å². The third-order valence-corrected chi connectivity index (χ3v) is 4.29. The number of hydrogen-bond acceptors (Lipinski definition) is 6. The van der Waals surface area contributed by atoms with Gasteiger partial charge in [-0.25, -0.2) is 0 Å². The maximum atomic E-state index is 5.14. The Morgan fingerprint density at radius 1 is 1.24 bits per heavy atom. The fraction of sp³-hybridized carbons (Fsp3) is 0.214. The summed E-state index contributed by atoms with van der Waals surface area (Å²) in [5.74, 6) is 2.55. The fourth-order valence-electron chi connectivity index (χ4n) is 1.84. The van der Waals surface area contributed by atoms with Crippen LogP contribution in [0.15, 0.2) is 24.3 Å². The number of fused-ring (bicyclic) bond motifs is 1. The summed E-state index contributed by atoms with van der Waals surface area (Å²) in [6.07, 6.45) is 6.06. The molecule has 3 aromatic rings. The number of benzene rings is 1. The van der Waals surface area contributed by atoms with Gasteiger partial charge >= 0.3 is 0 Å². The summed E-state index contributed by atoms with van der Waals surface area (Å²) in [5.41, 5.74) is 1.10. The van der Waals surface area contributed by atoms with E-state index in [9.17, 15) is 0 Å². The third kappa shape index (κ3) is 3.08. The molecule has 0 amide bonds. The highest BCUT2D eigenvalue weighted by Crippen LogP contribution is 2.19. The van der Waals surface area contributed by atoms with Crippen LogP contribution in [0.4, 0.5) is 0 Å². The molecule has 0 aliphatic rings. The van der Waals surface area contributed by atoms with Crippen molar-refractivity contribution in [3.8, 4) is 5.75 Å². The van der Waals surface area contributed by atoms with Gasteiger partial charge in [0.1, 0.15) is 10.8 Å². The summed E-state index contributed by atoms with van der Waals surface area (Å²) >= 11 is 3.24. The minimum Gasteiger partial charge on any atom is -0.497 e. The number of methoxy groups -OCH3 is 1. The van der Waals surface area contributed by atoms with Gasteiger partial charge in [-0.05, 0) is 30.0 Å². The SMILES string of the molecule is COc1ccc(C=Cc2nn3c(CSC)nnc3s2)cc1. The number of nitrogens with zero attached hydrogens (tertiary/aromatic N) is 4. The predicted molar refractivity (Wildman–Crippen MR) is 87.8 cm³/mol. The van der Waals surface area contributed by atoms with Crippen molar-refractivity contribution in [2.24, 2.45) is 0 Å². The van der Waals surface area contributed by atoms with Crippen LogP contribution in [0.5, 0.6) is 5.75 Å². The van der Waals surface area contributed by atoms with E-state index in [1.807, 2.05) is 47.2 Å². The fourth-order valence-corrected chi connectivity index (χ4v) is 3.04. The van der Waals surface area contributed by atoms with Gasteiger partial charge in [0.05, 0.1) is 12.9 Å². The standard InChI is InChI=1S/C14H14N4OS2/c1-19-11-6-3-10(4-7-11)5-8-13-17-18-12(9-20-2)15-16-14(18)21-13/h3-8H,9H2,1-2H3. The highest BCUT2D eigenvalue weighted by Gasteiger charge is 2.09. The van der Waals surface area contributed by atoms with Gasteiger partial charge < -0.3 is 4.74 Å². The second-order valence-corrected chi connectivity index (χ2v) is 6.14. The highest BCUT2D eigenvalue weighted by atomic mass is 32.2. The van der Waals surface area contributed by atoms with E-state index in [4.69, 9.17) is 4.74 Å². The number of ether oxygens (including phenoxy) is 1. The maximum absolute atomic E-state index is 5.14. The van der Waals surface area contributed by atoms with Crippen molar-refractivity contribution in [3.63, 3.8) is 0 Å². The lowest BCUT2D eigenvalue weighted by Crippen LogP contribution is -1.93. The Hall–Kier alpha value is -1.86. The molecule has 21 heavy (non-hydrogen) atoms. The van der Waals surface area contributed by atoms with Crippen LogP contribution in [0.1, 0.15) is 16.4 Å². The quantitative estimate of drug-likeness (QED) is 0.723. The topological polar surface area (TPSA) is 52.3 Å². The van der Waals surface area contributed by atoms with Gasteiger partial charge in [-0.1, -0.05) is 29.5 Å². The molecule has 0 spiro atoms. The van der Waals surface area contributed by atoms with Crippen molar-refractivity contribution in [3.05, 3.63) is 40.7 Å². The minimum atomic E-state index is 0.812. The van der Waals surface area contributed by atoms with Crippen LogP contribution in [-0.4, -0.2) is 33.2 Å². The molecule has 2 heterocycles. The van der Waals surface area contributed by atoms with Crippen molar-refractivity contribution >= 4 is 40.2 Å². The molecule has 2 aromatic heterocycles. The van der Waals surface area contributed by atoms with E-state index in [2.05, 4.69) is 15.3 Å². The van der Waals surface area contributed by atoms with Gasteiger partial charge in [-0.2, -0.15) is 21.4 Å². The molecule has 0 aliphatic carbocycles. The minimum absolute atomic E-state index is 0.812. The third-order valence-electron chi connectivity index (χ3n) is 2.88. The molecule has 0 saturated carbocycles. The van der Waals surface area contributed by atoms with Gasteiger partial charge in [-0.3, -0.25) is 0 Å².